The summed E-state index contributed by atoms with van der Waals surface area (Å²) in [6.45, 7) is 2.70. The first-order valence-corrected chi connectivity index (χ1v) is 6.97. The van der Waals surface area contributed by atoms with Crippen LogP contribution in [0.3, 0.4) is 0 Å². The minimum absolute atomic E-state index is 0.00889. The van der Waals surface area contributed by atoms with Crippen LogP contribution in [0.15, 0.2) is 18.3 Å². The van der Waals surface area contributed by atoms with Crippen LogP contribution in [-0.2, 0) is 0 Å². The van der Waals surface area contributed by atoms with Gasteiger partial charge in [-0.1, -0.05) is 0 Å². The topological polar surface area (TPSA) is 74.5 Å². The number of rotatable bonds is 4. The van der Waals surface area contributed by atoms with Crippen molar-refractivity contribution in [3.05, 3.63) is 24.0 Å². The molecule has 0 aromatic carbocycles. The second-order valence-electron chi connectivity index (χ2n) is 5.57. The Kier molecular flexibility index (Phi) is 4.92. The summed E-state index contributed by atoms with van der Waals surface area (Å²) in [6, 6.07) is 3.42. The van der Waals surface area contributed by atoms with Crippen LogP contribution < -0.4 is 11.3 Å². The van der Waals surface area contributed by atoms with Gasteiger partial charge < -0.3 is 15.2 Å². The highest BCUT2D eigenvalue weighted by Crippen LogP contribution is 2.19. The van der Waals surface area contributed by atoms with Crippen molar-refractivity contribution in [3.63, 3.8) is 0 Å². The standard InChI is InChI=1S/C14H23N5O/c1-18(2)10-11-4-7-19(8-5-11)14(20)13-9-12(17-15)3-6-16-13/h3,6,9,11H,4-5,7-8,10,15H2,1-2H3,(H,16,17). The molecule has 2 rings (SSSR count). The Morgan fingerprint density at radius 2 is 2.20 bits per heavy atom. The highest BCUT2D eigenvalue weighted by molar-refractivity contribution is 5.93. The molecule has 1 amide bonds. The molecule has 0 saturated carbocycles. The van der Waals surface area contributed by atoms with Crippen LogP contribution in [0.4, 0.5) is 5.69 Å². The van der Waals surface area contributed by atoms with Crippen molar-refractivity contribution in [2.45, 2.75) is 12.8 Å². The number of nitrogens with two attached hydrogens (primary N) is 1. The fraction of sp³-hybridized carbons (Fsp3) is 0.571. The summed E-state index contributed by atoms with van der Waals surface area (Å²) in [7, 11) is 4.18. The van der Waals surface area contributed by atoms with Gasteiger partial charge in [-0.3, -0.25) is 15.6 Å². The van der Waals surface area contributed by atoms with E-state index >= 15 is 0 Å². The normalized spacial score (nSPS) is 16.5. The van der Waals surface area contributed by atoms with E-state index in [-0.39, 0.29) is 5.91 Å². The fourth-order valence-electron chi connectivity index (χ4n) is 2.63. The molecule has 0 spiro atoms. The molecule has 3 N–H and O–H groups in total. The lowest BCUT2D eigenvalue weighted by atomic mass is 9.96. The Morgan fingerprint density at radius 1 is 1.50 bits per heavy atom. The van der Waals surface area contributed by atoms with E-state index in [0.29, 0.717) is 17.3 Å². The van der Waals surface area contributed by atoms with Crippen LogP contribution in [0.5, 0.6) is 0 Å². The molecule has 6 nitrogen and oxygen atoms in total. The van der Waals surface area contributed by atoms with E-state index in [1.54, 1.807) is 18.3 Å². The first-order chi connectivity index (χ1) is 9.60. The molecule has 0 aliphatic carbocycles. The van der Waals surface area contributed by atoms with Crippen molar-refractivity contribution in [3.8, 4) is 0 Å². The molecule has 1 aliphatic rings. The zero-order valence-corrected chi connectivity index (χ0v) is 12.2. The van der Waals surface area contributed by atoms with Gasteiger partial charge in [-0.15, -0.1) is 0 Å². The fourth-order valence-corrected chi connectivity index (χ4v) is 2.63. The number of hydrazine groups is 1. The molecule has 20 heavy (non-hydrogen) atoms. The number of aromatic nitrogens is 1. The van der Waals surface area contributed by atoms with E-state index in [2.05, 4.69) is 29.4 Å². The number of hydrogen-bond donors (Lipinski definition) is 2. The van der Waals surface area contributed by atoms with Crippen LogP contribution in [0, 0.1) is 5.92 Å². The first kappa shape index (κ1) is 14.7. The third kappa shape index (κ3) is 3.68. The molecule has 0 unspecified atom stereocenters. The van der Waals surface area contributed by atoms with Crippen molar-refractivity contribution in [2.24, 2.45) is 11.8 Å². The highest BCUT2D eigenvalue weighted by atomic mass is 16.2. The molecular weight excluding hydrogens is 254 g/mol. The second kappa shape index (κ2) is 6.67. The van der Waals surface area contributed by atoms with Gasteiger partial charge in [-0.2, -0.15) is 0 Å². The predicted octanol–water partition coefficient (Wildman–Crippen LogP) is 0.781. The van der Waals surface area contributed by atoms with Crippen LogP contribution in [0.25, 0.3) is 0 Å². The third-order valence-corrected chi connectivity index (χ3v) is 3.67. The van der Waals surface area contributed by atoms with Crippen LogP contribution in [0.2, 0.25) is 0 Å². The van der Waals surface area contributed by atoms with Gasteiger partial charge >= 0.3 is 0 Å². The Labute approximate surface area is 119 Å². The number of pyridine rings is 1. The predicted molar refractivity (Wildman–Crippen MR) is 79.2 cm³/mol. The maximum atomic E-state index is 12.4. The minimum Gasteiger partial charge on any atom is -0.337 e. The van der Waals surface area contributed by atoms with Crippen molar-refractivity contribution in [1.29, 1.82) is 0 Å². The number of nitrogens with one attached hydrogen (secondary N) is 1. The zero-order chi connectivity index (χ0) is 14.5. The molecule has 2 heterocycles. The first-order valence-electron chi connectivity index (χ1n) is 6.97. The maximum absolute atomic E-state index is 12.4. The summed E-state index contributed by atoms with van der Waals surface area (Å²) >= 11 is 0. The van der Waals surface area contributed by atoms with Crippen LogP contribution >= 0.6 is 0 Å². The molecule has 0 atom stereocenters. The van der Waals surface area contributed by atoms with E-state index < -0.39 is 0 Å². The number of likely N-dealkylation sites (tertiary alicyclic amines) is 1. The average Bonchev–Trinajstić information content (AvgIpc) is 2.47. The lowest BCUT2D eigenvalue weighted by Crippen LogP contribution is -2.40. The molecule has 1 saturated heterocycles. The van der Waals surface area contributed by atoms with Gasteiger partial charge in [-0.25, -0.2) is 0 Å². The summed E-state index contributed by atoms with van der Waals surface area (Å²) in [4.78, 5) is 20.6. The Balaban J connectivity index is 1.94. The summed E-state index contributed by atoms with van der Waals surface area (Å²) in [6.07, 6.45) is 3.71. The smallest absolute Gasteiger partial charge is 0.272 e. The summed E-state index contributed by atoms with van der Waals surface area (Å²) in [5, 5.41) is 0. The Morgan fingerprint density at radius 3 is 2.80 bits per heavy atom. The largest absolute Gasteiger partial charge is 0.337 e. The van der Waals surface area contributed by atoms with Gasteiger partial charge in [0.1, 0.15) is 5.69 Å². The van der Waals surface area contributed by atoms with Gasteiger partial charge in [0.25, 0.3) is 5.91 Å². The number of hydrogen-bond acceptors (Lipinski definition) is 5. The van der Waals surface area contributed by atoms with Gasteiger partial charge in [0.05, 0.1) is 5.69 Å². The van der Waals surface area contributed by atoms with E-state index in [4.69, 9.17) is 5.84 Å². The van der Waals surface area contributed by atoms with Gasteiger partial charge in [0.15, 0.2) is 0 Å². The summed E-state index contributed by atoms with van der Waals surface area (Å²) in [5.74, 6) is 6.03. The lowest BCUT2D eigenvalue weighted by Gasteiger charge is -2.33. The molecule has 1 aromatic heterocycles. The number of amides is 1. The van der Waals surface area contributed by atoms with Crippen LogP contribution in [-0.4, -0.2) is 54.4 Å². The van der Waals surface area contributed by atoms with Crippen molar-refractivity contribution >= 4 is 11.6 Å². The average molecular weight is 277 g/mol. The Bertz CT molecular complexity index is 455. The zero-order valence-electron chi connectivity index (χ0n) is 12.2. The quantitative estimate of drug-likeness (QED) is 0.628. The van der Waals surface area contributed by atoms with E-state index in [9.17, 15) is 4.79 Å². The molecule has 110 valence electrons. The summed E-state index contributed by atoms with van der Waals surface area (Å²) in [5.41, 5.74) is 3.69. The lowest BCUT2D eigenvalue weighted by molar-refractivity contribution is 0.0672. The molecule has 0 radical (unpaired) electrons. The number of anilines is 1. The number of carbonyl (C=O) groups is 1. The van der Waals surface area contributed by atoms with Gasteiger partial charge in [-0.05, 0) is 45.0 Å². The van der Waals surface area contributed by atoms with E-state index in [1.165, 1.54) is 0 Å². The molecule has 0 bridgehead atoms. The molecule has 1 fully saturated rings. The SMILES string of the molecule is CN(C)CC1CCN(C(=O)c2cc(NN)ccn2)CC1. The number of carbonyl (C=O) groups excluding carboxylic acids is 1. The number of piperidine rings is 1. The minimum atomic E-state index is -0.00889. The number of nitrogens with zero attached hydrogens (tertiary/aromatic N) is 3. The van der Waals surface area contributed by atoms with E-state index in [1.807, 2.05) is 4.90 Å². The van der Waals surface area contributed by atoms with Gasteiger partial charge in [0.2, 0.25) is 0 Å². The highest BCUT2D eigenvalue weighted by Gasteiger charge is 2.24. The summed E-state index contributed by atoms with van der Waals surface area (Å²) < 4.78 is 0. The molecule has 6 heteroatoms. The van der Waals surface area contributed by atoms with Crippen LogP contribution in [0.1, 0.15) is 23.3 Å². The van der Waals surface area contributed by atoms with Crippen molar-refractivity contribution in [1.82, 2.24) is 14.8 Å². The van der Waals surface area contributed by atoms with Crippen molar-refractivity contribution < 1.29 is 4.79 Å². The van der Waals surface area contributed by atoms with Crippen molar-refractivity contribution in [2.75, 3.05) is 39.2 Å². The molecular formula is C14H23N5O. The molecule has 1 aromatic rings. The Hall–Kier alpha value is -1.66. The number of nitrogen functional groups attached to an aromatic ring is 1. The molecule has 1 aliphatic heterocycles. The second-order valence-corrected chi connectivity index (χ2v) is 5.57. The third-order valence-electron chi connectivity index (χ3n) is 3.67. The van der Waals surface area contributed by atoms with E-state index in [0.717, 1.165) is 32.5 Å². The van der Waals surface area contributed by atoms with Gasteiger partial charge in [0, 0.05) is 25.8 Å². The monoisotopic (exact) mass is 277 g/mol. The maximum Gasteiger partial charge on any atom is 0.272 e.